The monoisotopic (exact) mass is 155 g/mol. The van der Waals surface area contributed by atoms with Crippen LogP contribution in [0.25, 0.3) is 0 Å². The molecule has 0 aliphatic rings. The van der Waals surface area contributed by atoms with Gasteiger partial charge in [0.1, 0.15) is 5.69 Å². The van der Waals surface area contributed by atoms with Crippen molar-refractivity contribution in [1.29, 1.82) is 0 Å². The van der Waals surface area contributed by atoms with Gasteiger partial charge in [0.05, 0.1) is 6.54 Å². The molecule has 1 aromatic rings. The molecule has 0 N–H and O–H groups in total. The topological polar surface area (TPSA) is 61.0 Å². The van der Waals surface area contributed by atoms with E-state index in [1.807, 2.05) is 6.92 Å². The Morgan fingerprint density at radius 1 is 1.82 bits per heavy atom. The van der Waals surface area contributed by atoms with Gasteiger partial charge in [-0.2, -0.15) is 0 Å². The van der Waals surface area contributed by atoms with Gasteiger partial charge in [-0.3, -0.25) is 0 Å². The second kappa shape index (κ2) is 2.69. The van der Waals surface area contributed by atoms with Crippen LogP contribution in [0.1, 0.15) is 12.6 Å². The van der Waals surface area contributed by atoms with E-state index >= 15 is 0 Å². The molecule has 0 aliphatic heterocycles. The average Bonchev–Trinajstić information content (AvgIpc) is 2.30. The van der Waals surface area contributed by atoms with Crippen molar-refractivity contribution >= 4 is 5.82 Å². The smallest absolute Gasteiger partial charge is 0.345 e. The molecule has 0 atom stereocenters. The molecule has 0 unspecified atom stereocenters. The number of rotatable bonds is 2. The van der Waals surface area contributed by atoms with E-state index in [4.69, 9.17) is 0 Å². The summed E-state index contributed by atoms with van der Waals surface area (Å²) in [4.78, 5) is 13.8. The van der Waals surface area contributed by atoms with Crippen molar-refractivity contribution in [3.05, 3.63) is 22.1 Å². The summed E-state index contributed by atoms with van der Waals surface area (Å²) in [6, 6.07) is 0. The van der Waals surface area contributed by atoms with Gasteiger partial charge in [-0.05, 0) is 18.8 Å². The van der Waals surface area contributed by atoms with Crippen LogP contribution in [-0.4, -0.2) is 14.5 Å². The van der Waals surface area contributed by atoms with Crippen molar-refractivity contribution in [3.8, 4) is 0 Å². The van der Waals surface area contributed by atoms with Crippen LogP contribution in [-0.2, 0) is 6.54 Å². The first-order valence-corrected chi connectivity index (χ1v) is 3.33. The van der Waals surface area contributed by atoms with Gasteiger partial charge in [-0.15, -0.1) is 0 Å². The average molecular weight is 155 g/mol. The number of imidazole rings is 1. The molecule has 0 amide bonds. The summed E-state index contributed by atoms with van der Waals surface area (Å²) in [6.07, 6.45) is 1.48. The number of hydrogen-bond donors (Lipinski definition) is 0. The number of hydrogen-bond acceptors (Lipinski definition) is 3. The molecule has 5 nitrogen and oxygen atoms in total. The third-order valence-corrected chi connectivity index (χ3v) is 1.50. The second-order valence-corrected chi connectivity index (χ2v) is 2.20. The van der Waals surface area contributed by atoms with E-state index in [0.29, 0.717) is 12.2 Å². The Kier molecular flexibility index (Phi) is 1.89. The van der Waals surface area contributed by atoms with Crippen LogP contribution in [0.15, 0.2) is 6.33 Å². The highest BCUT2D eigenvalue weighted by Gasteiger charge is 2.15. The van der Waals surface area contributed by atoms with E-state index in [1.165, 1.54) is 10.9 Å². The van der Waals surface area contributed by atoms with Crippen LogP contribution < -0.4 is 0 Å². The minimum absolute atomic E-state index is 0.0903. The molecule has 0 aromatic carbocycles. The van der Waals surface area contributed by atoms with E-state index in [1.54, 1.807) is 6.92 Å². The highest BCUT2D eigenvalue weighted by Crippen LogP contribution is 2.14. The maximum absolute atomic E-state index is 10.4. The lowest BCUT2D eigenvalue weighted by Crippen LogP contribution is -2.00. The molecular weight excluding hydrogens is 146 g/mol. The molecule has 0 saturated carbocycles. The first kappa shape index (κ1) is 7.71. The van der Waals surface area contributed by atoms with E-state index in [0.717, 1.165) is 0 Å². The SMILES string of the molecule is CCn1cnc(C)c1[N+](=O)[O-]. The molecule has 0 saturated heterocycles. The molecule has 0 bridgehead atoms. The normalized spacial score (nSPS) is 10.0. The molecule has 60 valence electrons. The number of nitro groups is 1. The Labute approximate surface area is 63.8 Å². The zero-order valence-corrected chi connectivity index (χ0v) is 6.44. The molecule has 0 fully saturated rings. The van der Waals surface area contributed by atoms with Gasteiger partial charge in [0.15, 0.2) is 6.33 Å². The van der Waals surface area contributed by atoms with Gasteiger partial charge < -0.3 is 10.1 Å². The highest BCUT2D eigenvalue weighted by atomic mass is 16.6. The van der Waals surface area contributed by atoms with Gasteiger partial charge in [-0.1, -0.05) is 0 Å². The molecule has 0 radical (unpaired) electrons. The highest BCUT2D eigenvalue weighted by molar-refractivity contribution is 5.25. The largest absolute Gasteiger partial charge is 0.358 e. The standard InChI is InChI=1S/C6H9N3O2/c1-3-8-4-7-5(2)6(8)9(10)11/h4H,3H2,1-2H3. The van der Waals surface area contributed by atoms with E-state index < -0.39 is 4.92 Å². The zero-order chi connectivity index (χ0) is 8.43. The quantitative estimate of drug-likeness (QED) is 0.475. The fourth-order valence-electron chi connectivity index (χ4n) is 0.945. The maximum Gasteiger partial charge on any atom is 0.345 e. The van der Waals surface area contributed by atoms with Crippen LogP contribution in [0, 0.1) is 17.0 Å². The Balaban J connectivity index is 3.17. The molecule has 0 aliphatic carbocycles. The number of nitrogens with zero attached hydrogens (tertiary/aromatic N) is 3. The lowest BCUT2D eigenvalue weighted by molar-refractivity contribution is -0.392. The predicted molar refractivity (Wildman–Crippen MR) is 39.3 cm³/mol. The van der Waals surface area contributed by atoms with E-state index in [-0.39, 0.29) is 5.82 Å². The first-order chi connectivity index (χ1) is 5.16. The summed E-state index contributed by atoms with van der Waals surface area (Å²) < 4.78 is 1.51. The molecular formula is C6H9N3O2. The van der Waals surface area contributed by atoms with Crippen LogP contribution >= 0.6 is 0 Å². The van der Waals surface area contributed by atoms with Gasteiger partial charge >= 0.3 is 5.82 Å². The van der Waals surface area contributed by atoms with Crippen molar-refractivity contribution in [2.24, 2.45) is 0 Å². The van der Waals surface area contributed by atoms with Crippen molar-refractivity contribution in [1.82, 2.24) is 9.55 Å². The Morgan fingerprint density at radius 2 is 2.45 bits per heavy atom. The lowest BCUT2D eigenvalue weighted by Gasteiger charge is -1.95. The van der Waals surface area contributed by atoms with Crippen molar-refractivity contribution < 1.29 is 4.92 Å². The molecule has 1 rings (SSSR count). The third kappa shape index (κ3) is 1.21. The molecule has 0 spiro atoms. The summed E-state index contributed by atoms with van der Waals surface area (Å²) in [5.74, 6) is 0.0903. The molecule has 11 heavy (non-hydrogen) atoms. The molecule has 1 heterocycles. The lowest BCUT2D eigenvalue weighted by atomic mass is 10.5. The Hall–Kier alpha value is -1.39. The van der Waals surface area contributed by atoms with Crippen molar-refractivity contribution in [3.63, 3.8) is 0 Å². The minimum atomic E-state index is -0.411. The summed E-state index contributed by atoms with van der Waals surface area (Å²) in [6.45, 7) is 4.05. The summed E-state index contributed by atoms with van der Waals surface area (Å²) in [5.41, 5.74) is 0.469. The van der Waals surface area contributed by atoms with Crippen LogP contribution in [0.2, 0.25) is 0 Å². The van der Waals surface area contributed by atoms with E-state index in [2.05, 4.69) is 4.98 Å². The number of aromatic nitrogens is 2. The van der Waals surface area contributed by atoms with Crippen LogP contribution in [0.4, 0.5) is 5.82 Å². The third-order valence-electron chi connectivity index (χ3n) is 1.50. The predicted octanol–water partition coefficient (Wildman–Crippen LogP) is 1.12. The van der Waals surface area contributed by atoms with Gasteiger partial charge in [0.25, 0.3) is 0 Å². The van der Waals surface area contributed by atoms with Crippen LogP contribution in [0.3, 0.4) is 0 Å². The molecule has 5 heteroatoms. The summed E-state index contributed by atoms with van der Waals surface area (Å²) in [5, 5.41) is 10.4. The minimum Gasteiger partial charge on any atom is -0.358 e. The van der Waals surface area contributed by atoms with Crippen molar-refractivity contribution in [2.45, 2.75) is 20.4 Å². The zero-order valence-electron chi connectivity index (χ0n) is 6.44. The Morgan fingerprint density at radius 3 is 2.82 bits per heavy atom. The van der Waals surface area contributed by atoms with Crippen LogP contribution in [0.5, 0.6) is 0 Å². The number of aryl methyl sites for hydroxylation is 2. The summed E-state index contributed by atoms with van der Waals surface area (Å²) >= 11 is 0. The maximum atomic E-state index is 10.4. The van der Waals surface area contributed by atoms with Gasteiger partial charge in [-0.25, -0.2) is 9.55 Å². The fourth-order valence-corrected chi connectivity index (χ4v) is 0.945. The fraction of sp³-hybridized carbons (Fsp3) is 0.500. The van der Waals surface area contributed by atoms with Crippen molar-refractivity contribution in [2.75, 3.05) is 0 Å². The first-order valence-electron chi connectivity index (χ1n) is 3.33. The summed E-state index contributed by atoms with van der Waals surface area (Å²) in [7, 11) is 0. The van der Waals surface area contributed by atoms with Gasteiger partial charge in [0.2, 0.25) is 0 Å². The molecule has 1 aromatic heterocycles. The van der Waals surface area contributed by atoms with E-state index in [9.17, 15) is 10.1 Å². The Bertz CT molecular complexity index is 279. The second-order valence-electron chi connectivity index (χ2n) is 2.20. The van der Waals surface area contributed by atoms with Gasteiger partial charge in [0, 0.05) is 0 Å².